The van der Waals surface area contributed by atoms with Gasteiger partial charge in [0.2, 0.25) is 0 Å². The monoisotopic (exact) mass is 118 g/mol. The summed E-state index contributed by atoms with van der Waals surface area (Å²) < 4.78 is 0. The topological polar surface area (TPSA) is 12.9 Å². The first-order valence-electron chi connectivity index (χ1n) is 3.29. The van der Waals surface area contributed by atoms with Crippen LogP contribution in [0.3, 0.4) is 0 Å². The van der Waals surface area contributed by atoms with E-state index >= 15 is 0 Å². The van der Waals surface area contributed by atoms with Gasteiger partial charge in [0.1, 0.15) is 0 Å². The lowest BCUT2D eigenvalue weighted by Crippen LogP contribution is -1.81. The van der Waals surface area contributed by atoms with Crippen LogP contribution >= 0.6 is 0 Å². The summed E-state index contributed by atoms with van der Waals surface area (Å²) in [7, 11) is 0. The molecule has 1 aliphatic rings. The van der Waals surface area contributed by atoms with Crippen LogP contribution in [-0.2, 0) is 0 Å². The summed E-state index contributed by atoms with van der Waals surface area (Å²) in [5.74, 6) is 0.742. The van der Waals surface area contributed by atoms with Crippen molar-refractivity contribution in [2.24, 2.45) is 0 Å². The third kappa shape index (κ3) is 0.947. The molecule has 0 N–H and O–H groups in total. The van der Waals surface area contributed by atoms with E-state index in [0.29, 0.717) is 0 Å². The number of hydrogen-bond donors (Lipinski definition) is 0. The first kappa shape index (κ1) is 4.98. The Morgan fingerprint density at radius 2 is 2.44 bits per heavy atom. The lowest BCUT2D eigenvalue weighted by molar-refractivity contribution is 1.02. The van der Waals surface area contributed by atoms with Gasteiger partial charge in [-0.05, 0) is 18.9 Å². The van der Waals surface area contributed by atoms with E-state index < -0.39 is 0 Å². The largest absolute Gasteiger partial charge is 0.260 e. The molecule has 1 aromatic heterocycles. The van der Waals surface area contributed by atoms with Gasteiger partial charge in [0, 0.05) is 18.2 Å². The molecule has 1 heterocycles. The minimum Gasteiger partial charge on any atom is -0.260 e. The Kier molecular flexibility index (Phi) is 1.01. The van der Waals surface area contributed by atoms with Crippen molar-refractivity contribution in [3.05, 3.63) is 30.1 Å². The van der Waals surface area contributed by atoms with Crippen molar-refractivity contribution in [1.29, 1.82) is 0 Å². The van der Waals surface area contributed by atoms with Gasteiger partial charge in [0.25, 0.3) is 0 Å². The van der Waals surface area contributed by atoms with Crippen molar-refractivity contribution in [2.75, 3.05) is 0 Å². The fraction of sp³-hybridized carbons (Fsp3) is 0.375. The predicted octanol–water partition coefficient (Wildman–Crippen LogP) is 1.76. The van der Waals surface area contributed by atoms with Crippen LogP contribution in [0.1, 0.15) is 24.5 Å². The lowest BCUT2D eigenvalue weighted by atomic mass is 10.3. The standard InChI is InChI=1S/C8H8N/c1-2-6-9-8(3-1)7-4-5-7/h1-2,6-7H,4-5H2. The van der Waals surface area contributed by atoms with Crippen molar-refractivity contribution < 1.29 is 0 Å². The van der Waals surface area contributed by atoms with Crippen LogP contribution in [0.4, 0.5) is 0 Å². The SMILES string of the molecule is [c]1cccnc1C1CC1. The average Bonchev–Trinajstić information content (AvgIpc) is 2.71. The minimum atomic E-state index is 0.742. The van der Waals surface area contributed by atoms with E-state index in [1.807, 2.05) is 18.3 Å². The summed E-state index contributed by atoms with van der Waals surface area (Å²) in [5, 5.41) is 0. The Bertz CT molecular complexity index is 189. The molecule has 1 nitrogen and oxygen atoms in total. The third-order valence-electron chi connectivity index (χ3n) is 1.59. The van der Waals surface area contributed by atoms with Gasteiger partial charge in [0.15, 0.2) is 0 Å². The summed E-state index contributed by atoms with van der Waals surface area (Å²) >= 11 is 0. The van der Waals surface area contributed by atoms with E-state index in [2.05, 4.69) is 11.1 Å². The molecule has 0 unspecified atom stereocenters. The van der Waals surface area contributed by atoms with Gasteiger partial charge in [-0.3, -0.25) is 4.98 Å². The first-order valence-corrected chi connectivity index (χ1v) is 3.29. The molecule has 0 aliphatic heterocycles. The molecule has 1 aliphatic carbocycles. The zero-order valence-electron chi connectivity index (χ0n) is 5.17. The molecule has 0 amide bonds. The summed E-state index contributed by atoms with van der Waals surface area (Å²) in [6.07, 6.45) is 4.46. The van der Waals surface area contributed by atoms with E-state index in [4.69, 9.17) is 0 Å². The highest BCUT2D eigenvalue weighted by Crippen LogP contribution is 2.38. The number of hydrogen-bond acceptors (Lipinski definition) is 1. The molecule has 0 spiro atoms. The highest BCUT2D eigenvalue weighted by Gasteiger charge is 2.24. The fourth-order valence-corrected chi connectivity index (χ4v) is 0.917. The van der Waals surface area contributed by atoms with Crippen LogP contribution in [0.2, 0.25) is 0 Å². The van der Waals surface area contributed by atoms with E-state index in [0.717, 1.165) is 11.6 Å². The van der Waals surface area contributed by atoms with Gasteiger partial charge < -0.3 is 0 Å². The number of rotatable bonds is 1. The van der Waals surface area contributed by atoms with E-state index in [9.17, 15) is 0 Å². The Morgan fingerprint density at radius 3 is 3.00 bits per heavy atom. The van der Waals surface area contributed by atoms with Crippen LogP contribution in [0.15, 0.2) is 18.3 Å². The molecule has 1 heteroatoms. The molecule has 1 saturated carbocycles. The third-order valence-corrected chi connectivity index (χ3v) is 1.59. The predicted molar refractivity (Wildman–Crippen MR) is 35.0 cm³/mol. The zero-order chi connectivity index (χ0) is 6.10. The maximum atomic E-state index is 4.19. The van der Waals surface area contributed by atoms with Crippen LogP contribution in [0, 0.1) is 6.07 Å². The second-order valence-corrected chi connectivity index (χ2v) is 2.44. The van der Waals surface area contributed by atoms with Crippen molar-refractivity contribution in [1.82, 2.24) is 4.98 Å². The Labute approximate surface area is 54.7 Å². The van der Waals surface area contributed by atoms with E-state index in [1.165, 1.54) is 12.8 Å². The summed E-state index contributed by atoms with van der Waals surface area (Å²) in [4.78, 5) is 4.19. The Morgan fingerprint density at radius 1 is 1.56 bits per heavy atom. The fourth-order valence-electron chi connectivity index (χ4n) is 0.917. The Hall–Kier alpha value is -0.850. The van der Waals surface area contributed by atoms with Crippen LogP contribution in [0.25, 0.3) is 0 Å². The zero-order valence-corrected chi connectivity index (χ0v) is 5.17. The molecule has 0 saturated heterocycles. The molecule has 0 bridgehead atoms. The maximum absolute atomic E-state index is 4.19. The van der Waals surface area contributed by atoms with E-state index in [1.54, 1.807) is 0 Å². The van der Waals surface area contributed by atoms with Crippen molar-refractivity contribution in [3.8, 4) is 0 Å². The molecule has 1 fully saturated rings. The second kappa shape index (κ2) is 1.83. The van der Waals surface area contributed by atoms with Gasteiger partial charge >= 0.3 is 0 Å². The van der Waals surface area contributed by atoms with Crippen LogP contribution < -0.4 is 0 Å². The van der Waals surface area contributed by atoms with Crippen molar-refractivity contribution in [2.45, 2.75) is 18.8 Å². The second-order valence-electron chi connectivity index (χ2n) is 2.44. The summed E-state index contributed by atoms with van der Waals surface area (Å²) in [6, 6.07) is 6.96. The number of nitrogens with zero attached hydrogens (tertiary/aromatic N) is 1. The van der Waals surface area contributed by atoms with Crippen LogP contribution in [-0.4, -0.2) is 4.98 Å². The summed E-state index contributed by atoms with van der Waals surface area (Å²) in [5.41, 5.74) is 1.15. The molecular weight excluding hydrogens is 110 g/mol. The van der Waals surface area contributed by atoms with Gasteiger partial charge in [-0.15, -0.1) is 0 Å². The van der Waals surface area contributed by atoms with Gasteiger partial charge in [0.05, 0.1) is 5.69 Å². The molecular formula is C8H8N. The highest BCUT2D eigenvalue weighted by atomic mass is 14.7. The molecule has 1 aromatic rings. The summed E-state index contributed by atoms with van der Waals surface area (Å²) in [6.45, 7) is 0. The number of pyridine rings is 1. The normalized spacial score (nSPS) is 17.8. The smallest absolute Gasteiger partial charge is 0.0513 e. The quantitative estimate of drug-likeness (QED) is 0.547. The minimum absolute atomic E-state index is 0.742. The van der Waals surface area contributed by atoms with Crippen LogP contribution in [0.5, 0.6) is 0 Å². The van der Waals surface area contributed by atoms with Crippen molar-refractivity contribution in [3.63, 3.8) is 0 Å². The first-order chi connectivity index (χ1) is 4.47. The van der Waals surface area contributed by atoms with Gasteiger partial charge in [-0.1, -0.05) is 6.07 Å². The maximum Gasteiger partial charge on any atom is 0.0513 e. The Balaban J connectivity index is 2.29. The van der Waals surface area contributed by atoms with Gasteiger partial charge in [-0.2, -0.15) is 0 Å². The molecule has 1 radical (unpaired) electrons. The molecule has 0 atom stereocenters. The molecule has 2 rings (SSSR count). The lowest BCUT2D eigenvalue weighted by Gasteiger charge is -1.90. The highest BCUT2D eigenvalue weighted by molar-refractivity contribution is 5.12. The van der Waals surface area contributed by atoms with Crippen molar-refractivity contribution >= 4 is 0 Å². The molecule has 45 valence electrons. The van der Waals surface area contributed by atoms with Gasteiger partial charge in [-0.25, -0.2) is 0 Å². The number of aromatic nitrogens is 1. The molecule has 0 aromatic carbocycles. The average molecular weight is 118 g/mol. The van der Waals surface area contributed by atoms with E-state index in [-0.39, 0.29) is 0 Å². The molecule has 9 heavy (non-hydrogen) atoms.